The van der Waals surface area contributed by atoms with Gasteiger partial charge < -0.3 is 35.3 Å². The van der Waals surface area contributed by atoms with Crippen molar-refractivity contribution in [2.24, 2.45) is 29.1 Å². The summed E-state index contributed by atoms with van der Waals surface area (Å²) >= 11 is 0. The molecule has 5 fully saturated rings. The van der Waals surface area contributed by atoms with Gasteiger partial charge in [-0.1, -0.05) is 50.3 Å². The van der Waals surface area contributed by atoms with Crippen LogP contribution in [0.5, 0.6) is 0 Å². The number of nitrogens with zero attached hydrogens (tertiary/aromatic N) is 2. The third-order valence-corrected chi connectivity index (χ3v) is 12.4. The minimum Gasteiger partial charge on any atom is -0.463 e. The number of aromatic nitrogens is 2. The molecule has 0 radical (unpaired) electrons. The number of ether oxygens (including phenoxy) is 3. The Labute approximate surface area is 313 Å². The van der Waals surface area contributed by atoms with Crippen LogP contribution in [0.1, 0.15) is 90.7 Å². The molecule has 1 aromatic rings. The number of rotatable bonds is 12. The molecule has 1 aliphatic heterocycles. The number of fused-ring (bicyclic) bond motifs is 1. The van der Waals surface area contributed by atoms with Crippen molar-refractivity contribution in [1.29, 1.82) is 0 Å². The molecule has 7 unspecified atom stereocenters. The van der Waals surface area contributed by atoms with Crippen molar-refractivity contribution in [2.45, 2.75) is 127 Å². The predicted octanol–water partition coefficient (Wildman–Crippen LogP) is 4.70. The first kappa shape index (κ1) is 40.0. The Morgan fingerprint density at radius 2 is 1.91 bits per heavy atom. The van der Waals surface area contributed by atoms with Gasteiger partial charge in [-0.05, 0) is 91.2 Å². The van der Waals surface area contributed by atoms with E-state index in [1.54, 1.807) is 0 Å². The number of allylic oxidation sites excluding steroid dienone is 4. The lowest BCUT2D eigenvalue weighted by Gasteiger charge is -2.44. The molecule has 0 aromatic carbocycles. The number of alkyl halides is 2. The van der Waals surface area contributed by atoms with Crippen LogP contribution in [0.15, 0.2) is 64.7 Å². The molecule has 1 saturated heterocycles. The molecule has 54 heavy (non-hydrogen) atoms. The Morgan fingerprint density at radius 3 is 2.63 bits per heavy atom. The van der Waals surface area contributed by atoms with E-state index >= 15 is 0 Å². The number of nitrogens with two attached hydrogens (primary N) is 1. The van der Waals surface area contributed by atoms with Crippen LogP contribution in [0.3, 0.4) is 0 Å². The Balaban J connectivity index is 0.993. The van der Waals surface area contributed by atoms with E-state index in [9.17, 15) is 38.5 Å². The van der Waals surface area contributed by atoms with Crippen LogP contribution in [0.4, 0.5) is 14.6 Å². The Kier molecular flexibility index (Phi) is 12.0. The molecule has 4 saturated carbocycles. The van der Waals surface area contributed by atoms with E-state index in [2.05, 4.69) is 37.6 Å². The van der Waals surface area contributed by atoms with Gasteiger partial charge in [-0.3, -0.25) is 14.2 Å². The molecule has 0 spiro atoms. The van der Waals surface area contributed by atoms with Gasteiger partial charge >= 0.3 is 23.6 Å². The lowest BCUT2D eigenvalue weighted by atomic mass is 9.61. The molecular weight excluding hydrogens is 704 g/mol. The van der Waals surface area contributed by atoms with Crippen molar-refractivity contribution in [3.05, 3.63) is 70.3 Å². The fourth-order valence-electron chi connectivity index (χ4n) is 9.11. The number of esters is 2. The zero-order chi connectivity index (χ0) is 38.9. The smallest absolute Gasteiger partial charge is 0.351 e. The van der Waals surface area contributed by atoms with E-state index in [-0.39, 0.29) is 30.2 Å². The van der Waals surface area contributed by atoms with Crippen LogP contribution in [-0.4, -0.2) is 79.9 Å². The van der Waals surface area contributed by atoms with Gasteiger partial charge in [-0.15, -0.1) is 0 Å². The van der Waals surface area contributed by atoms with E-state index in [0.717, 1.165) is 62.8 Å². The molecule has 296 valence electrons. The average molecular weight is 758 g/mol. The van der Waals surface area contributed by atoms with Gasteiger partial charge in [0.25, 0.3) is 0 Å². The normalized spacial score (nSPS) is 34.9. The van der Waals surface area contributed by atoms with Crippen LogP contribution in [-0.2, 0) is 23.8 Å². The third kappa shape index (κ3) is 8.56. The van der Waals surface area contributed by atoms with E-state index < -0.39 is 67.2 Å². The molecular formula is C40H53F2N3O9. The highest BCUT2D eigenvalue weighted by Crippen LogP contribution is 2.59. The van der Waals surface area contributed by atoms with E-state index in [4.69, 9.17) is 19.9 Å². The van der Waals surface area contributed by atoms with Gasteiger partial charge in [-0.2, -0.15) is 13.8 Å². The monoisotopic (exact) mass is 757 g/mol. The summed E-state index contributed by atoms with van der Waals surface area (Å²) in [6.45, 7) is 8.04. The van der Waals surface area contributed by atoms with Gasteiger partial charge in [0.15, 0.2) is 6.10 Å². The lowest BCUT2D eigenvalue weighted by molar-refractivity contribution is -0.157. The second-order valence-corrected chi connectivity index (χ2v) is 16.1. The van der Waals surface area contributed by atoms with Crippen molar-refractivity contribution < 1.29 is 47.9 Å². The van der Waals surface area contributed by atoms with Gasteiger partial charge in [0, 0.05) is 19.0 Å². The summed E-state index contributed by atoms with van der Waals surface area (Å²) in [5.74, 6) is -3.92. The van der Waals surface area contributed by atoms with E-state index in [1.165, 1.54) is 5.57 Å². The second kappa shape index (κ2) is 16.2. The SMILES string of the molecule is C=C1/C(=C\C=C2/CCC[C@@]3(C)C2CCC3[C@@H](C)/C=C/C(O)C2CC2)CC(OC(=O)CCC(=O)OCC2OC(n3ccc(N)nc3=O)C(F)(F)C2O)C[C@@H]1O. The first-order valence-electron chi connectivity index (χ1n) is 19.1. The van der Waals surface area contributed by atoms with Crippen molar-refractivity contribution in [2.75, 3.05) is 12.3 Å². The topological polar surface area (TPSA) is 183 Å². The highest BCUT2D eigenvalue weighted by molar-refractivity contribution is 5.77. The first-order valence-corrected chi connectivity index (χ1v) is 19.1. The molecule has 1 aromatic heterocycles. The van der Waals surface area contributed by atoms with Crippen molar-refractivity contribution in [1.82, 2.24) is 9.55 Å². The fourth-order valence-corrected chi connectivity index (χ4v) is 9.11. The van der Waals surface area contributed by atoms with E-state index in [0.29, 0.717) is 40.2 Å². The number of aliphatic hydroxyl groups is 3. The molecule has 4 aliphatic carbocycles. The highest BCUT2D eigenvalue weighted by Gasteiger charge is 2.60. The minimum atomic E-state index is -3.91. The first-order chi connectivity index (χ1) is 25.6. The number of anilines is 1. The Bertz CT molecular complexity index is 1740. The fraction of sp³-hybridized carbons (Fsp3) is 0.650. The Hall–Kier alpha value is -3.72. The molecule has 10 atom stereocenters. The summed E-state index contributed by atoms with van der Waals surface area (Å²) in [6, 6.07) is 1.12. The molecule has 5 N–H and O–H groups in total. The third-order valence-electron chi connectivity index (χ3n) is 12.4. The van der Waals surface area contributed by atoms with E-state index in [1.807, 2.05) is 12.2 Å². The lowest BCUT2D eigenvalue weighted by Crippen LogP contribution is -2.42. The largest absolute Gasteiger partial charge is 0.463 e. The highest BCUT2D eigenvalue weighted by atomic mass is 19.3. The Morgan fingerprint density at radius 1 is 1.17 bits per heavy atom. The number of aliphatic hydroxyl groups excluding tert-OH is 3. The number of hydrogen-bond acceptors (Lipinski definition) is 11. The van der Waals surface area contributed by atoms with Gasteiger partial charge in [0.2, 0.25) is 6.23 Å². The van der Waals surface area contributed by atoms with Crippen LogP contribution in [0, 0.1) is 29.1 Å². The number of halogens is 2. The molecule has 12 nitrogen and oxygen atoms in total. The summed E-state index contributed by atoms with van der Waals surface area (Å²) in [6.07, 6.45) is 8.67. The van der Waals surface area contributed by atoms with Crippen molar-refractivity contribution >= 4 is 17.8 Å². The number of nitrogen functional groups attached to an aromatic ring is 1. The zero-order valence-electron chi connectivity index (χ0n) is 30.9. The molecule has 0 amide bonds. The summed E-state index contributed by atoms with van der Waals surface area (Å²) in [4.78, 5) is 40.6. The maximum absolute atomic E-state index is 14.8. The quantitative estimate of drug-likeness (QED) is 0.171. The molecule has 2 heterocycles. The van der Waals surface area contributed by atoms with Gasteiger partial charge in [-0.25, -0.2) is 4.79 Å². The number of carbonyl (C=O) groups excluding carboxylic acids is 2. The predicted molar refractivity (Wildman–Crippen MR) is 194 cm³/mol. The molecule has 5 aliphatic rings. The number of hydrogen-bond donors (Lipinski definition) is 4. The summed E-state index contributed by atoms with van der Waals surface area (Å²) in [7, 11) is 0. The van der Waals surface area contributed by atoms with Crippen LogP contribution >= 0.6 is 0 Å². The molecule has 14 heteroatoms. The maximum atomic E-state index is 14.8. The zero-order valence-corrected chi connectivity index (χ0v) is 30.9. The van der Waals surface area contributed by atoms with Crippen LogP contribution < -0.4 is 11.4 Å². The maximum Gasteiger partial charge on any atom is 0.351 e. The molecule has 0 bridgehead atoms. The van der Waals surface area contributed by atoms with Crippen LogP contribution in [0.25, 0.3) is 0 Å². The average Bonchev–Trinajstić information content (AvgIpc) is 3.87. The second-order valence-electron chi connectivity index (χ2n) is 16.1. The summed E-state index contributed by atoms with van der Waals surface area (Å²) in [5.41, 5.74) is 7.24. The van der Waals surface area contributed by atoms with Crippen molar-refractivity contribution in [3.63, 3.8) is 0 Å². The molecule has 6 rings (SSSR count). The minimum absolute atomic E-state index is 0.158. The summed E-state index contributed by atoms with van der Waals surface area (Å²) in [5, 5.41) is 31.3. The van der Waals surface area contributed by atoms with Gasteiger partial charge in [0.05, 0.1) is 25.0 Å². The van der Waals surface area contributed by atoms with Crippen LogP contribution in [0.2, 0.25) is 0 Å². The van der Waals surface area contributed by atoms with Crippen molar-refractivity contribution in [3.8, 4) is 0 Å². The standard InChI is InChI=1S/C40H53F2N3O9/c1-22(6-13-30(46)25-8-9-25)28-11-12-29-24(5-4-17-39(28,29)3)7-10-26-19-27(20-31(47)23(26)2)53-35(49)15-14-34(48)52-21-32-36(50)40(41,42)37(54-32)45-18-16-33(43)44-38(45)51/h6-7,10,13,16,18,22,25,27-32,36-37,46-47,50H,2,4-5,8-9,11-12,14-15,17,19-21H2,1,3H3,(H2,43,44,51)/b13-6+,24-7+,26-10-/t22-,27?,28?,29?,30?,31-,32?,36?,37?,39+/m0/s1. The van der Waals surface area contributed by atoms with Gasteiger partial charge in [0.1, 0.15) is 24.6 Å². The number of carbonyl (C=O) groups is 2. The summed E-state index contributed by atoms with van der Waals surface area (Å²) < 4.78 is 45.9.